The molecule has 0 atom stereocenters. The highest BCUT2D eigenvalue weighted by molar-refractivity contribution is 7.99. The van der Waals surface area contributed by atoms with E-state index in [0.717, 1.165) is 22.4 Å². The van der Waals surface area contributed by atoms with Crippen molar-refractivity contribution in [2.75, 3.05) is 0 Å². The predicted octanol–water partition coefficient (Wildman–Crippen LogP) is 9.78. The number of hydrogen-bond donors (Lipinski definition) is 0. The van der Waals surface area contributed by atoms with E-state index in [-0.39, 0.29) is 0 Å². The van der Waals surface area contributed by atoms with Crippen LogP contribution >= 0.6 is 11.8 Å². The van der Waals surface area contributed by atoms with Crippen LogP contribution in [0, 0.1) is 0 Å². The van der Waals surface area contributed by atoms with Crippen LogP contribution in [0.3, 0.4) is 0 Å². The molecule has 2 aromatic heterocycles. The Morgan fingerprint density at radius 1 is 0.462 bits per heavy atom. The molecule has 1 aliphatic heterocycles. The average Bonchev–Trinajstić information content (AvgIpc) is 3.03. The van der Waals surface area contributed by atoms with Gasteiger partial charge >= 0.3 is 0 Å². The van der Waals surface area contributed by atoms with E-state index in [1.807, 2.05) is 36.3 Å². The molecular formula is C36H24N2S. The maximum atomic E-state index is 4.75. The zero-order chi connectivity index (χ0) is 26.0. The molecule has 3 heterocycles. The SMILES string of the molecule is C1=C\c2ccc(-c3ccc(-c4cccnc4)nc3)cc2-c2ccccc2Sc2ccccc2-c2ccccc2/1. The maximum Gasteiger partial charge on any atom is 0.0717 e. The molecule has 1 aliphatic rings. The van der Waals surface area contributed by atoms with E-state index in [1.165, 1.54) is 43.2 Å². The van der Waals surface area contributed by atoms with E-state index in [9.17, 15) is 0 Å². The molecule has 0 unspecified atom stereocenters. The van der Waals surface area contributed by atoms with E-state index in [1.54, 1.807) is 6.20 Å². The summed E-state index contributed by atoms with van der Waals surface area (Å²) in [6, 6.07) is 41.0. The number of nitrogens with zero attached hydrogens (tertiary/aromatic N) is 2. The van der Waals surface area contributed by atoms with Gasteiger partial charge in [0, 0.05) is 39.5 Å². The highest BCUT2D eigenvalue weighted by Crippen LogP contribution is 2.44. The summed E-state index contributed by atoms with van der Waals surface area (Å²) < 4.78 is 0. The molecule has 7 rings (SSSR count). The first-order chi connectivity index (χ1) is 19.3. The molecule has 3 heteroatoms. The van der Waals surface area contributed by atoms with Crippen LogP contribution in [0.2, 0.25) is 0 Å². The van der Waals surface area contributed by atoms with Crippen molar-refractivity contribution in [3.05, 3.63) is 145 Å². The fourth-order valence-corrected chi connectivity index (χ4v) is 6.21. The van der Waals surface area contributed by atoms with Crippen molar-refractivity contribution in [2.24, 2.45) is 0 Å². The quantitative estimate of drug-likeness (QED) is 0.229. The van der Waals surface area contributed by atoms with Gasteiger partial charge in [0.05, 0.1) is 5.69 Å². The number of hydrogen-bond acceptors (Lipinski definition) is 3. The molecule has 0 aliphatic carbocycles. The van der Waals surface area contributed by atoms with Gasteiger partial charge in [-0.2, -0.15) is 0 Å². The summed E-state index contributed by atoms with van der Waals surface area (Å²) in [4.78, 5) is 11.5. The Morgan fingerprint density at radius 2 is 1.13 bits per heavy atom. The van der Waals surface area contributed by atoms with Crippen molar-refractivity contribution in [1.82, 2.24) is 9.97 Å². The molecule has 0 bridgehead atoms. The van der Waals surface area contributed by atoms with Gasteiger partial charge in [-0.05, 0) is 75.3 Å². The monoisotopic (exact) mass is 516 g/mol. The van der Waals surface area contributed by atoms with Crippen molar-refractivity contribution in [2.45, 2.75) is 9.79 Å². The first-order valence-electron chi connectivity index (χ1n) is 13.0. The number of aromatic nitrogens is 2. The molecule has 39 heavy (non-hydrogen) atoms. The first-order valence-corrected chi connectivity index (χ1v) is 13.8. The van der Waals surface area contributed by atoms with E-state index < -0.39 is 0 Å². The lowest BCUT2D eigenvalue weighted by molar-refractivity contribution is 1.28. The molecule has 6 aromatic rings. The van der Waals surface area contributed by atoms with Gasteiger partial charge in [-0.25, -0.2) is 0 Å². The second kappa shape index (κ2) is 10.2. The molecule has 0 radical (unpaired) electrons. The van der Waals surface area contributed by atoms with Crippen molar-refractivity contribution < 1.29 is 0 Å². The van der Waals surface area contributed by atoms with Gasteiger partial charge in [0.15, 0.2) is 0 Å². The van der Waals surface area contributed by atoms with Gasteiger partial charge in [0.2, 0.25) is 0 Å². The van der Waals surface area contributed by atoms with E-state index >= 15 is 0 Å². The van der Waals surface area contributed by atoms with Crippen LogP contribution < -0.4 is 0 Å². The summed E-state index contributed by atoms with van der Waals surface area (Å²) in [5.74, 6) is 0. The molecule has 0 saturated carbocycles. The van der Waals surface area contributed by atoms with E-state index in [4.69, 9.17) is 4.98 Å². The first kappa shape index (κ1) is 23.4. The number of rotatable bonds is 2. The third kappa shape index (κ3) is 4.58. The van der Waals surface area contributed by atoms with Crippen LogP contribution in [-0.2, 0) is 0 Å². The molecule has 4 aromatic carbocycles. The standard InChI is InChI=1S/C36H24N2S/c1-2-10-30-25(8-1)15-16-26-17-18-27(28-19-20-34(38-24-28)29-9-7-21-37-23-29)22-33(26)32-12-4-6-14-36(32)39-35-13-5-3-11-31(30)35/h1-24H/b16-15-. The van der Waals surface area contributed by atoms with Crippen LogP contribution in [0.25, 0.3) is 56.8 Å². The Balaban J connectivity index is 1.38. The average molecular weight is 517 g/mol. The lowest BCUT2D eigenvalue weighted by Crippen LogP contribution is -1.90. The van der Waals surface area contributed by atoms with Crippen LogP contribution in [0.15, 0.2) is 144 Å². The van der Waals surface area contributed by atoms with Gasteiger partial charge in [0.25, 0.3) is 0 Å². The highest BCUT2D eigenvalue weighted by atomic mass is 32.2. The third-order valence-corrected chi connectivity index (χ3v) is 8.24. The van der Waals surface area contributed by atoms with Gasteiger partial charge in [-0.3, -0.25) is 9.97 Å². The smallest absolute Gasteiger partial charge is 0.0717 e. The lowest BCUT2D eigenvalue weighted by Gasteiger charge is -2.15. The topological polar surface area (TPSA) is 25.8 Å². The lowest BCUT2D eigenvalue weighted by atomic mass is 9.93. The minimum absolute atomic E-state index is 0.920. The van der Waals surface area contributed by atoms with Gasteiger partial charge in [0.1, 0.15) is 0 Å². The Bertz CT molecular complexity index is 1820. The fourth-order valence-electron chi connectivity index (χ4n) is 5.11. The zero-order valence-electron chi connectivity index (χ0n) is 21.2. The molecule has 0 spiro atoms. The largest absolute Gasteiger partial charge is 0.264 e. The summed E-state index contributed by atoms with van der Waals surface area (Å²) in [6.07, 6.45) is 10.1. The Kier molecular flexibility index (Phi) is 6.12. The number of benzene rings is 4. The summed E-state index contributed by atoms with van der Waals surface area (Å²) in [6.45, 7) is 0. The van der Waals surface area contributed by atoms with Crippen molar-refractivity contribution in [3.63, 3.8) is 0 Å². The molecule has 0 amide bonds. The predicted molar refractivity (Wildman–Crippen MR) is 163 cm³/mol. The zero-order valence-corrected chi connectivity index (χ0v) is 22.0. The van der Waals surface area contributed by atoms with Gasteiger partial charge in [-0.15, -0.1) is 0 Å². The minimum atomic E-state index is 0.920. The van der Waals surface area contributed by atoms with Crippen LogP contribution in [0.1, 0.15) is 11.1 Å². The fraction of sp³-hybridized carbons (Fsp3) is 0. The van der Waals surface area contributed by atoms with Gasteiger partial charge in [-0.1, -0.05) is 103 Å². The van der Waals surface area contributed by atoms with E-state index in [0.29, 0.717) is 0 Å². The molecule has 0 saturated heterocycles. The molecule has 0 N–H and O–H groups in total. The van der Waals surface area contributed by atoms with Crippen molar-refractivity contribution in [3.8, 4) is 44.6 Å². The summed E-state index contributed by atoms with van der Waals surface area (Å²) >= 11 is 1.83. The maximum absolute atomic E-state index is 4.75. The minimum Gasteiger partial charge on any atom is -0.264 e. The second-order valence-electron chi connectivity index (χ2n) is 9.49. The molecular weight excluding hydrogens is 492 g/mol. The summed E-state index contributed by atoms with van der Waals surface area (Å²) in [5, 5.41) is 0. The van der Waals surface area contributed by atoms with Crippen LogP contribution in [-0.4, -0.2) is 9.97 Å². The number of pyridine rings is 2. The van der Waals surface area contributed by atoms with E-state index in [2.05, 4.69) is 120 Å². The van der Waals surface area contributed by atoms with Crippen molar-refractivity contribution >= 4 is 23.9 Å². The summed E-state index contributed by atoms with van der Waals surface area (Å²) in [7, 11) is 0. The molecule has 2 nitrogen and oxygen atoms in total. The Morgan fingerprint density at radius 3 is 1.85 bits per heavy atom. The van der Waals surface area contributed by atoms with Crippen molar-refractivity contribution in [1.29, 1.82) is 0 Å². The molecule has 0 fully saturated rings. The van der Waals surface area contributed by atoms with Crippen LogP contribution in [0.5, 0.6) is 0 Å². The summed E-state index contributed by atoms with van der Waals surface area (Å²) in [5.41, 5.74) is 11.5. The molecule has 184 valence electrons. The Hall–Kier alpha value is -4.73. The highest BCUT2D eigenvalue weighted by Gasteiger charge is 2.16. The van der Waals surface area contributed by atoms with Gasteiger partial charge < -0.3 is 0 Å². The third-order valence-electron chi connectivity index (χ3n) is 7.09. The van der Waals surface area contributed by atoms with Crippen LogP contribution in [0.4, 0.5) is 0 Å². The number of fused-ring (bicyclic) bond motifs is 6. The Labute approximate surface area is 232 Å². The second-order valence-corrected chi connectivity index (χ2v) is 10.6. The normalized spacial score (nSPS) is 12.7.